The van der Waals surface area contributed by atoms with E-state index in [0.717, 1.165) is 5.56 Å². The van der Waals surface area contributed by atoms with E-state index in [1.54, 1.807) is 30.6 Å². The van der Waals surface area contributed by atoms with E-state index < -0.39 is 0 Å². The predicted octanol–water partition coefficient (Wildman–Crippen LogP) is 3.62. The molecule has 5 nitrogen and oxygen atoms in total. The number of aromatic amines is 1. The topological polar surface area (TPSA) is 80.7 Å². The second-order valence-corrected chi connectivity index (χ2v) is 4.73. The van der Waals surface area contributed by atoms with Crippen LogP contribution in [0.2, 0.25) is 10.0 Å². The van der Waals surface area contributed by atoms with E-state index in [4.69, 9.17) is 33.5 Å². The highest BCUT2D eigenvalue weighted by Crippen LogP contribution is 2.40. The van der Waals surface area contributed by atoms with Gasteiger partial charge in [0.1, 0.15) is 5.69 Å². The Morgan fingerprint density at radius 2 is 2.11 bits per heavy atom. The number of nitrogens with zero attached hydrogens (tertiary/aromatic N) is 2. The summed E-state index contributed by atoms with van der Waals surface area (Å²) in [5.41, 5.74) is 8.52. The number of halogens is 2. The van der Waals surface area contributed by atoms with Crippen molar-refractivity contribution in [2.24, 2.45) is 0 Å². The fourth-order valence-electron chi connectivity index (χ4n) is 1.83. The van der Waals surface area contributed by atoms with Crippen LogP contribution in [-0.2, 0) is 0 Å². The molecule has 0 radical (unpaired) electrons. The van der Waals surface area contributed by atoms with Crippen molar-refractivity contribution in [2.45, 2.75) is 0 Å². The highest BCUT2D eigenvalue weighted by molar-refractivity contribution is 6.36. The number of benzene rings is 1. The molecule has 0 aliphatic rings. The number of H-pyrrole nitrogens is 1. The summed E-state index contributed by atoms with van der Waals surface area (Å²) in [6.45, 7) is 0. The van der Waals surface area contributed by atoms with Crippen LogP contribution < -0.4 is 5.73 Å². The Hall–Kier alpha value is -1.98. The largest absolute Gasteiger partial charge is 0.367 e. The zero-order valence-electron chi connectivity index (χ0n) is 9.52. The SMILES string of the molecule is Nc1onc(-c2cn[nH]c2)c1-c1ccc(Cl)cc1Cl. The summed E-state index contributed by atoms with van der Waals surface area (Å²) in [5.74, 6) is 0.195. The number of nitrogens with one attached hydrogen (secondary N) is 1. The van der Waals surface area contributed by atoms with Gasteiger partial charge in [-0.15, -0.1) is 0 Å². The van der Waals surface area contributed by atoms with Gasteiger partial charge in [0.25, 0.3) is 0 Å². The number of nitrogens with two attached hydrogens (primary N) is 1. The van der Waals surface area contributed by atoms with E-state index in [1.165, 1.54) is 0 Å². The highest BCUT2D eigenvalue weighted by Gasteiger charge is 2.20. The zero-order valence-corrected chi connectivity index (χ0v) is 11.0. The van der Waals surface area contributed by atoms with E-state index in [1.807, 2.05) is 0 Å². The van der Waals surface area contributed by atoms with Gasteiger partial charge < -0.3 is 10.3 Å². The van der Waals surface area contributed by atoms with Crippen LogP contribution in [0, 0.1) is 0 Å². The summed E-state index contributed by atoms with van der Waals surface area (Å²) in [6, 6.07) is 5.15. The molecular weight excluding hydrogens is 287 g/mol. The third-order valence-corrected chi connectivity index (χ3v) is 3.24. The Morgan fingerprint density at radius 1 is 1.26 bits per heavy atom. The standard InChI is InChI=1S/C12H8Cl2N4O/c13-7-1-2-8(9(14)3-7)10-11(18-19-12(10)15)6-4-16-17-5-6/h1-5H,15H2,(H,16,17). The van der Waals surface area contributed by atoms with E-state index in [9.17, 15) is 0 Å². The summed E-state index contributed by atoms with van der Waals surface area (Å²) in [7, 11) is 0. The van der Waals surface area contributed by atoms with E-state index in [2.05, 4.69) is 15.4 Å². The summed E-state index contributed by atoms with van der Waals surface area (Å²) in [6.07, 6.45) is 3.33. The highest BCUT2D eigenvalue weighted by atomic mass is 35.5. The number of anilines is 1. The van der Waals surface area contributed by atoms with Crippen molar-refractivity contribution in [3.8, 4) is 22.4 Å². The maximum Gasteiger partial charge on any atom is 0.230 e. The van der Waals surface area contributed by atoms with Crippen molar-refractivity contribution in [1.82, 2.24) is 15.4 Å². The Balaban J connectivity index is 2.22. The molecule has 2 heterocycles. The molecule has 7 heteroatoms. The summed E-state index contributed by atoms with van der Waals surface area (Å²) >= 11 is 12.1. The lowest BCUT2D eigenvalue weighted by molar-refractivity contribution is 0.439. The molecule has 0 saturated carbocycles. The molecule has 96 valence electrons. The fourth-order valence-corrected chi connectivity index (χ4v) is 2.34. The van der Waals surface area contributed by atoms with Crippen molar-refractivity contribution in [3.63, 3.8) is 0 Å². The molecule has 19 heavy (non-hydrogen) atoms. The van der Waals surface area contributed by atoms with Crippen LogP contribution in [0.4, 0.5) is 5.88 Å². The number of nitrogen functional groups attached to an aromatic ring is 1. The number of hydrogen-bond acceptors (Lipinski definition) is 4. The molecule has 3 rings (SSSR count). The van der Waals surface area contributed by atoms with Crippen molar-refractivity contribution < 1.29 is 4.52 Å². The Bertz CT molecular complexity index is 721. The maximum absolute atomic E-state index is 6.19. The first-order valence-corrected chi connectivity index (χ1v) is 6.12. The first-order valence-electron chi connectivity index (χ1n) is 5.36. The first kappa shape index (κ1) is 12.1. The Kier molecular flexibility index (Phi) is 2.93. The van der Waals surface area contributed by atoms with E-state index in [-0.39, 0.29) is 5.88 Å². The van der Waals surface area contributed by atoms with Gasteiger partial charge in [-0.2, -0.15) is 5.10 Å². The smallest absolute Gasteiger partial charge is 0.230 e. The molecule has 0 spiro atoms. The molecule has 1 aromatic carbocycles. The third kappa shape index (κ3) is 2.07. The first-order chi connectivity index (χ1) is 9.16. The second-order valence-electron chi connectivity index (χ2n) is 3.88. The molecule has 0 unspecified atom stereocenters. The second kappa shape index (κ2) is 4.60. The van der Waals surface area contributed by atoms with Crippen LogP contribution in [0.15, 0.2) is 35.1 Å². The molecule has 0 saturated heterocycles. The molecular formula is C12H8Cl2N4O. The van der Waals surface area contributed by atoms with Crippen LogP contribution in [0.5, 0.6) is 0 Å². The average Bonchev–Trinajstić information content (AvgIpc) is 2.99. The lowest BCUT2D eigenvalue weighted by atomic mass is 10.0. The van der Waals surface area contributed by atoms with Gasteiger partial charge in [0.15, 0.2) is 0 Å². The van der Waals surface area contributed by atoms with Crippen LogP contribution in [0.3, 0.4) is 0 Å². The van der Waals surface area contributed by atoms with Gasteiger partial charge >= 0.3 is 0 Å². The molecule has 0 aliphatic carbocycles. The van der Waals surface area contributed by atoms with Gasteiger partial charge in [-0.3, -0.25) is 5.10 Å². The maximum atomic E-state index is 6.19. The third-order valence-electron chi connectivity index (χ3n) is 2.69. The lowest BCUT2D eigenvalue weighted by Gasteiger charge is -2.04. The van der Waals surface area contributed by atoms with Gasteiger partial charge in [0, 0.05) is 22.3 Å². The summed E-state index contributed by atoms with van der Waals surface area (Å²) in [4.78, 5) is 0. The predicted molar refractivity (Wildman–Crippen MR) is 74.0 cm³/mol. The molecule has 0 atom stereocenters. The van der Waals surface area contributed by atoms with Gasteiger partial charge in [-0.1, -0.05) is 34.4 Å². The molecule has 0 aliphatic heterocycles. The number of aromatic nitrogens is 3. The fraction of sp³-hybridized carbons (Fsp3) is 0. The quantitative estimate of drug-likeness (QED) is 0.756. The number of hydrogen-bond donors (Lipinski definition) is 2. The van der Waals surface area contributed by atoms with Crippen LogP contribution in [-0.4, -0.2) is 15.4 Å². The average molecular weight is 295 g/mol. The van der Waals surface area contributed by atoms with Crippen LogP contribution in [0.1, 0.15) is 0 Å². The molecule has 0 amide bonds. The van der Waals surface area contributed by atoms with Crippen molar-refractivity contribution >= 4 is 29.1 Å². The van der Waals surface area contributed by atoms with Crippen LogP contribution in [0.25, 0.3) is 22.4 Å². The summed E-state index contributed by atoms with van der Waals surface area (Å²) in [5, 5.41) is 11.6. The van der Waals surface area contributed by atoms with E-state index in [0.29, 0.717) is 26.9 Å². The van der Waals surface area contributed by atoms with Gasteiger partial charge in [-0.25, -0.2) is 0 Å². The Morgan fingerprint density at radius 3 is 2.79 bits per heavy atom. The zero-order chi connectivity index (χ0) is 13.4. The molecule has 0 bridgehead atoms. The Labute approximate surface area is 118 Å². The summed E-state index contributed by atoms with van der Waals surface area (Å²) < 4.78 is 5.05. The number of rotatable bonds is 2. The van der Waals surface area contributed by atoms with Gasteiger partial charge in [-0.05, 0) is 12.1 Å². The van der Waals surface area contributed by atoms with Crippen LogP contribution >= 0.6 is 23.2 Å². The van der Waals surface area contributed by atoms with E-state index >= 15 is 0 Å². The van der Waals surface area contributed by atoms with Gasteiger partial charge in [0.2, 0.25) is 5.88 Å². The van der Waals surface area contributed by atoms with Crippen molar-refractivity contribution in [3.05, 3.63) is 40.6 Å². The normalized spacial score (nSPS) is 10.8. The molecule has 3 aromatic rings. The van der Waals surface area contributed by atoms with Gasteiger partial charge in [0.05, 0.1) is 16.8 Å². The minimum absolute atomic E-state index is 0.195. The monoisotopic (exact) mass is 294 g/mol. The lowest BCUT2D eigenvalue weighted by Crippen LogP contribution is -1.88. The minimum atomic E-state index is 0.195. The molecule has 2 aromatic heterocycles. The van der Waals surface area contributed by atoms with Crippen molar-refractivity contribution in [1.29, 1.82) is 0 Å². The van der Waals surface area contributed by atoms with Crippen molar-refractivity contribution in [2.75, 3.05) is 5.73 Å². The molecule has 3 N–H and O–H groups in total. The minimum Gasteiger partial charge on any atom is -0.367 e. The molecule has 0 fully saturated rings.